The molecular weight excluding hydrogens is 358 g/mol. The lowest BCUT2D eigenvalue weighted by Gasteiger charge is -2.19. The molecule has 0 aliphatic carbocycles. The Bertz CT molecular complexity index is 897. The van der Waals surface area contributed by atoms with Crippen LogP contribution in [0.25, 0.3) is 0 Å². The van der Waals surface area contributed by atoms with Crippen LogP contribution in [0, 0.1) is 13.8 Å². The quantitative estimate of drug-likeness (QED) is 0.831. The average molecular weight is 383 g/mol. The van der Waals surface area contributed by atoms with Crippen molar-refractivity contribution in [3.05, 3.63) is 47.5 Å². The molecule has 0 radical (unpaired) electrons. The van der Waals surface area contributed by atoms with E-state index in [-0.39, 0.29) is 24.4 Å². The van der Waals surface area contributed by atoms with Crippen LogP contribution in [0.15, 0.2) is 36.4 Å². The molecule has 7 nitrogen and oxygen atoms in total. The maximum atomic E-state index is 12.5. The van der Waals surface area contributed by atoms with E-state index in [0.29, 0.717) is 23.7 Å². The Morgan fingerprint density at radius 3 is 2.54 bits per heavy atom. The second-order valence-corrected chi connectivity index (χ2v) is 6.86. The van der Waals surface area contributed by atoms with Gasteiger partial charge in [-0.15, -0.1) is 0 Å². The van der Waals surface area contributed by atoms with Crippen LogP contribution >= 0.6 is 0 Å². The van der Waals surface area contributed by atoms with Crippen molar-refractivity contribution in [3.8, 4) is 11.5 Å². The Hall–Kier alpha value is -3.22. The van der Waals surface area contributed by atoms with Crippen LogP contribution < -0.4 is 25.0 Å². The van der Waals surface area contributed by atoms with Gasteiger partial charge in [0.1, 0.15) is 0 Å². The summed E-state index contributed by atoms with van der Waals surface area (Å²) in [6.45, 7) is 4.31. The predicted octanol–water partition coefficient (Wildman–Crippen LogP) is 3.25. The minimum absolute atomic E-state index is 0.0516. The summed E-state index contributed by atoms with van der Waals surface area (Å²) >= 11 is 0. The van der Waals surface area contributed by atoms with E-state index in [1.165, 1.54) is 0 Å². The second-order valence-electron chi connectivity index (χ2n) is 6.86. The van der Waals surface area contributed by atoms with E-state index in [1.54, 1.807) is 37.3 Å². The molecule has 1 aliphatic heterocycles. The van der Waals surface area contributed by atoms with Crippen molar-refractivity contribution in [3.63, 3.8) is 0 Å². The molecule has 0 bridgehead atoms. The fourth-order valence-electron chi connectivity index (χ4n) is 3.26. The number of hydrogen-bond donors (Lipinski definition) is 2. The number of anilines is 2. The van der Waals surface area contributed by atoms with Crippen molar-refractivity contribution < 1.29 is 19.1 Å². The van der Waals surface area contributed by atoms with Gasteiger partial charge in [-0.3, -0.25) is 4.79 Å². The molecule has 0 aromatic heterocycles. The smallest absolute Gasteiger partial charge is 0.319 e. The first-order chi connectivity index (χ1) is 13.4. The Balaban J connectivity index is 1.66. The molecule has 1 aliphatic rings. The molecule has 1 fully saturated rings. The second kappa shape index (κ2) is 8.21. The Morgan fingerprint density at radius 1 is 1.07 bits per heavy atom. The summed E-state index contributed by atoms with van der Waals surface area (Å²) in [6.07, 6.45) is 0.245. The first kappa shape index (κ1) is 19.5. The normalized spacial score (nSPS) is 16.1. The van der Waals surface area contributed by atoms with Gasteiger partial charge in [0.25, 0.3) is 0 Å². The van der Waals surface area contributed by atoms with Crippen LogP contribution in [0.3, 0.4) is 0 Å². The van der Waals surface area contributed by atoms with Crippen molar-refractivity contribution in [1.82, 2.24) is 5.32 Å². The van der Waals surface area contributed by atoms with Gasteiger partial charge >= 0.3 is 6.03 Å². The van der Waals surface area contributed by atoms with E-state index >= 15 is 0 Å². The zero-order valence-electron chi connectivity index (χ0n) is 16.5. The molecule has 2 aromatic rings. The van der Waals surface area contributed by atoms with Gasteiger partial charge in [0.05, 0.1) is 20.3 Å². The third-order valence-corrected chi connectivity index (χ3v) is 4.78. The lowest BCUT2D eigenvalue weighted by Crippen LogP contribution is -2.39. The van der Waals surface area contributed by atoms with E-state index in [0.717, 1.165) is 16.8 Å². The van der Waals surface area contributed by atoms with Gasteiger partial charge in [0, 0.05) is 30.4 Å². The zero-order valence-corrected chi connectivity index (χ0v) is 16.5. The Kier molecular flexibility index (Phi) is 5.73. The zero-order chi connectivity index (χ0) is 20.3. The highest BCUT2D eigenvalue weighted by molar-refractivity contribution is 5.98. The number of aryl methyl sites for hydroxylation is 2. The van der Waals surface area contributed by atoms with Gasteiger partial charge in [0.15, 0.2) is 11.5 Å². The van der Waals surface area contributed by atoms with Crippen LogP contribution in [0.1, 0.15) is 17.5 Å². The molecule has 2 aromatic carbocycles. The van der Waals surface area contributed by atoms with Crippen molar-refractivity contribution in [2.24, 2.45) is 0 Å². The molecule has 1 atom stereocenters. The molecule has 2 N–H and O–H groups in total. The number of methoxy groups -OCH3 is 2. The molecule has 1 heterocycles. The largest absolute Gasteiger partial charge is 0.493 e. The Morgan fingerprint density at radius 2 is 1.82 bits per heavy atom. The average Bonchev–Trinajstić information content (AvgIpc) is 3.04. The highest BCUT2D eigenvalue weighted by atomic mass is 16.5. The van der Waals surface area contributed by atoms with Gasteiger partial charge in [-0.1, -0.05) is 12.1 Å². The number of benzene rings is 2. The molecule has 0 unspecified atom stereocenters. The molecule has 0 saturated carbocycles. The first-order valence-electron chi connectivity index (χ1n) is 9.08. The predicted molar refractivity (Wildman–Crippen MR) is 108 cm³/mol. The summed E-state index contributed by atoms with van der Waals surface area (Å²) in [7, 11) is 3.11. The summed E-state index contributed by atoms with van der Waals surface area (Å²) in [6, 6.07) is 10.6. The maximum Gasteiger partial charge on any atom is 0.319 e. The topological polar surface area (TPSA) is 79.9 Å². The highest BCUT2D eigenvalue weighted by Crippen LogP contribution is 2.33. The fraction of sp³-hybridized carbons (Fsp3) is 0.333. The van der Waals surface area contributed by atoms with Crippen LogP contribution in [-0.2, 0) is 4.79 Å². The van der Waals surface area contributed by atoms with Gasteiger partial charge in [-0.05, 0) is 43.2 Å². The lowest BCUT2D eigenvalue weighted by atomic mass is 10.1. The number of carbonyl (C=O) groups excluding carboxylic acids is 2. The lowest BCUT2D eigenvalue weighted by molar-refractivity contribution is -0.117. The summed E-state index contributed by atoms with van der Waals surface area (Å²) in [5, 5.41) is 5.75. The Labute approximate surface area is 164 Å². The van der Waals surface area contributed by atoms with Gasteiger partial charge in [-0.25, -0.2) is 4.79 Å². The van der Waals surface area contributed by atoms with Gasteiger partial charge in [-0.2, -0.15) is 0 Å². The standard InChI is InChI=1S/C21H25N3O4/c1-13-5-6-14(2)17(9-13)23-21(26)22-15-10-20(25)24(12-15)16-7-8-18(27-3)19(11-16)28-4/h5-9,11,15H,10,12H2,1-4H3,(H2,22,23,26)/t15-/m1/s1. The molecule has 28 heavy (non-hydrogen) atoms. The van der Waals surface area contributed by atoms with Gasteiger partial charge in [0.2, 0.25) is 5.91 Å². The van der Waals surface area contributed by atoms with E-state index in [1.807, 2.05) is 32.0 Å². The van der Waals surface area contributed by atoms with Crippen molar-refractivity contribution in [2.75, 3.05) is 31.0 Å². The third-order valence-electron chi connectivity index (χ3n) is 4.78. The van der Waals surface area contributed by atoms with Crippen LogP contribution in [0.5, 0.6) is 11.5 Å². The highest BCUT2D eigenvalue weighted by Gasteiger charge is 2.32. The maximum absolute atomic E-state index is 12.5. The first-order valence-corrected chi connectivity index (χ1v) is 9.08. The number of amides is 3. The molecule has 7 heteroatoms. The van der Waals surface area contributed by atoms with Crippen molar-refractivity contribution in [1.29, 1.82) is 0 Å². The number of rotatable bonds is 5. The van der Waals surface area contributed by atoms with E-state index < -0.39 is 0 Å². The number of hydrogen-bond acceptors (Lipinski definition) is 4. The summed E-state index contributed by atoms with van der Waals surface area (Å²) in [5.41, 5.74) is 3.52. The fourth-order valence-corrected chi connectivity index (χ4v) is 3.26. The van der Waals surface area contributed by atoms with E-state index in [4.69, 9.17) is 9.47 Å². The van der Waals surface area contributed by atoms with E-state index in [9.17, 15) is 9.59 Å². The molecule has 148 valence electrons. The number of nitrogens with one attached hydrogen (secondary N) is 2. The monoisotopic (exact) mass is 383 g/mol. The SMILES string of the molecule is COc1ccc(N2C[C@H](NC(=O)Nc3cc(C)ccc3C)CC2=O)cc1OC. The number of carbonyl (C=O) groups is 2. The van der Waals surface area contributed by atoms with Gasteiger partial charge < -0.3 is 25.0 Å². The van der Waals surface area contributed by atoms with Crippen LogP contribution in [0.2, 0.25) is 0 Å². The van der Waals surface area contributed by atoms with Crippen molar-refractivity contribution >= 4 is 23.3 Å². The molecular formula is C21H25N3O4. The number of urea groups is 1. The third kappa shape index (κ3) is 4.19. The van der Waals surface area contributed by atoms with Crippen molar-refractivity contribution in [2.45, 2.75) is 26.3 Å². The minimum Gasteiger partial charge on any atom is -0.493 e. The van der Waals surface area contributed by atoms with Crippen LogP contribution in [0.4, 0.5) is 16.2 Å². The molecule has 3 rings (SSSR count). The molecule has 0 spiro atoms. The summed E-state index contributed by atoms with van der Waals surface area (Å²) in [5.74, 6) is 1.10. The number of nitrogens with zero attached hydrogens (tertiary/aromatic N) is 1. The van der Waals surface area contributed by atoms with Crippen LogP contribution in [-0.4, -0.2) is 38.7 Å². The minimum atomic E-state index is -0.319. The number of ether oxygens (including phenoxy) is 2. The summed E-state index contributed by atoms with van der Waals surface area (Å²) < 4.78 is 10.5. The summed E-state index contributed by atoms with van der Waals surface area (Å²) in [4.78, 5) is 26.5. The van der Waals surface area contributed by atoms with E-state index in [2.05, 4.69) is 10.6 Å². The molecule has 1 saturated heterocycles. The molecule has 3 amide bonds.